The van der Waals surface area contributed by atoms with Crippen LogP contribution in [0.3, 0.4) is 0 Å². The SMILES string of the molecule is CCC(CC)C(=O)OCC(C)(C)COC(=O)CCC(=O)Oc1ccc(C(=O)Oc2ccc(C(=O)Oc3ccc(-c4ccc(C#N)cc4)cc3)cc2)cc1. The highest BCUT2D eigenvalue weighted by Crippen LogP contribution is 2.24. The predicted molar refractivity (Wildman–Crippen MR) is 194 cm³/mol. The minimum absolute atomic E-state index is 0.0178. The summed E-state index contributed by atoms with van der Waals surface area (Å²) in [4.78, 5) is 62.1. The quantitative estimate of drug-likeness (QED) is 0.0820. The molecule has 0 atom stereocenters. The smallest absolute Gasteiger partial charge is 0.343 e. The lowest BCUT2D eigenvalue weighted by molar-refractivity contribution is -0.156. The average molecular weight is 720 g/mol. The monoisotopic (exact) mass is 719 g/mol. The molecule has 11 heteroatoms. The Bertz CT molecular complexity index is 1920. The van der Waals surface area contributed by atoms with Crippen LogP contribution in [0.4, 0.5) is 0 Å². The maximum Gasteiger partial charge on any atom is 0.343 e. The van der Waals surface area contributed by atoms with E-state index in [0.717, 1.165) is 11.1 Å². The summed E-state index contributed by atoms with van der Waals surface area (Å²) >= 11 is 0. The Morgan fingerprint density at radius 3 is 1.47 bits per heavy atom. The molecular weight excluding hydrogens is 678 g/mol. The van der Waals surface area contributed by atoms with E-state index in [0.29, 0.717) is 24.2 Å². The topological polar surface area (TPSA) is 155 Å². The van der Waals surface area contributed by atoms with Crippen molar-refractivity contribution in [3.63, 3.8) is 0 Å². The van der Waals surface area contributed by atoms with Gasteiger partial charge >= 0.3 is 29.8 Å². The minimum Gasteiger partial charge on any atom is -0.465 e. The Morgan fingerprint density at radius 1 is 0.585 bits per heavy atom. The van der Waals surface area contributed by atoms with Crippen molar-refractivity contribution in [1.29, 1.82) is 5.26 Å². The van der Waals surface area contributed by atoms with Crippen molar-refractivity contribution >= 4 is 29.8 Å². The molecule has 0 heterocycles. The Kier molecular flexibility index (Phi) is 14.0. The molecule has 0 unspecified atom stereocenters. The summed E-state index contributed by atoms with van der Waals surface area (Å²) in [5.41, 5.74) is 2.23. The first kappa shape index (κ1) is 39.5. The molecule has 4 aromatic rings. The van der Waals surface area contributed by atoms with Gasteiger partial charge in [0.25, 0.3) is 0 Å². The van der Waals surface area contributed by atoms with Crippen LogP contribution in [-0.2, 0) is 23.9 Å². The highest BCUT2D eigenvalue weighted by Gasteiger charge is 2.25. The Hall–Kier alpha value is -6.28. The minimum atomic E-state index is -0.670. The van der Waals surface area contributed by atoms with Crippen LogP contribution < -0.4 is 14.2 Å². The van der Waals surface area contributed by atoms with E-state index in [1.165, 1.54) is 48.5 Å². The third-order valence-corrected chi connectivity index (χ3v) is 8.12. The number of hydrogen-bond donors (Lipinski definition) is 0. The summed E-state index contributed by atoms with van der Waals surface area (Å²) in [7, 11) is 0. The van der Waals surface area contributed by atoms with E-state index in [1.807, 2.05) is 52.0 Å². The van der Waals surface area contributed by atoms with Crippen LogP contribution >= 0.6 is 0 Å². The van der Waals surface area contributed by atoms with Crippen LogP contribution in [0.1, 0.15) is 79.7 Å². The molecule has 274 valence electrons. The van der Waals surface area contributed by atoms with E-state index >= 15 is 0 Å². The van der Waals surface area contributed by atoms with E-state index in [9.17, 15) is 24.0 Å². The number of hydrogen-bond acceptors (Lipinski definition) is 11. The van der Waals surface area contributed by atoms with Gasteiger partial charge in [0.15, 0.2) is 0 Å². The van der Waals surface area contributed by atoms with Crippen molar-refractivity contribution < 1.29 is 47.7 Å². The van der Waals surface area contributed by atoms with E-state index in [1.54, 1.807) is 24.3 Å². The van der Waals surface area contributed by atoms with Crippen LogP contribution in [0, 0.1) is 22.7 Å². The van der Waals surface area contributed by atoms with Crippen molar-refractivity contribution in [2.24, 2.45) is 11.3 Å². The molecule has 4 rings (SSSR count). The van der Waals surface area contributed by atoms with Crippen molar-refractivity contribution in [3.8, 4) is 34.4 Å². The lowest BCUT2D eigenvalue weighted by atomic mass is 9.96. The molecule has 0 bridgehead atoms. The third-order valence-electron chi connectivity index (χ3n) is 8.12. The molecule has 0 spiro atoms. The number of esters is 5. The van der Waals surface area contributed by atoms with E-state index < -0.39 is 29.3 Å². The lowest BCUT2D eigenvalue weighted by Gasteiger charge is -2.24. The molecule has 0 aliphatic heterocycles. The van der Waals surface area contributed by atoms with Crippen LogP contribution in [0.15, 0.2) is 97.1 Å². The van der Waals surface area contributed by atoms with Gasteiger partial charge in [-0.2, -0.15) is 5.26 Å². The largest absolute Gasteiger partial charge is 0.465 e. The average Bonchev–Trinajstić information content (AvgIpc) is 3.17. The van der Waals surface area contributed by atoms with E-state index in [4.69, 9.17) is 28.9 Å². The van der Waals surface area contributed by atoms with Gasteiger partial charge < -0.3 is 23.7 Å². The summed E-state index contributed by atoms with van der Waals surface area (Å²) in [6, 6.07) is 27.8. The van der Waals surface area contributed by atoms with Gasteiger partial charge in [-0.1, -0.05) is 52.0 Å². The molecule has 0 saturated heterocycles. The molecule has 0 amide bonds. The van der Waals surface area contributed by atoms with Crippen molar-refractivity contribution in [3.05, 3.63) is 114 Å². The van der Waals surface area contributed by atoms with Gasteiger partial charge in [0.2, 0.25) is 0 Å². The van der Waals surface area contributed by atoms with Crippen molar-refractivity contribution in [2.45, 2.75) is 53.4 Å². The second-order valence-corrected chi connectivity index (χ2v) is 13.0. The Balaban J connectivity index is 1.18. The summed E-state index contributed by atoms with van der Waals surface area (Å²) in [5.74, 6) is -2.21. The van der Waals surface area contributed by atoms with Gasteiger partial charge in [0.1, 0.15) is 17.2 Å². The third kappa shape index (κ3) is 12.2. The van der Waals surface area contributed by atoms with Gasteiger partial charge in [-0.15, -0.1) is 0 Å². The summed E-state index contributed by atoms with van der Waals surface area (Å²) in [6.45, 7) is 7.59. The lowest BCUT2D eigenvalue weighted by Crippen LogP contribution is -2.30. The zero-order chi connectivity index (χ0) is 38.4. The highest BCUT2D eigenvalue weighted by molar-refractivity contribution is 5.93. The molecule has 0 fully saturated rings. The molecule has 4 aromatic carbocycles. The molecule has 0 radical (unpaired) electrons. The van der Waals surface area contributed by atoms with Gasteiger partial charge in [-0.3, -0.25) is 14.4 Å². The molecule has 0 N–H and O–H groups in total. The zero-order valence-electron chi connectivity index (χ0n) is 30.1. The van der Waals surface area contributed by atoms with Gasteiger partial charge in [-0.05, 0) is 96.8 Å². The fourth-order valence-corrected chi connectivity index (χ4v) is 4.89. The van der Waals surface area contributed by atoms with Crippen molar-refractivity contribution in [2.75, 3.05) is 13.2 Å². The number of nitrogens with zero attached hydrogens (tertiary/aromatic N) is 1. The fraction of sp³-hybridized carbons (Fsp3) is 0.286. The summed E-state index contributed by atoms with van der Waals surface area (Å²) < 4.78 is 26.8. The maximum absolute atomic E-state index is 12.7. The molecule has 11 nitrogen and oxygen atoms in total. The number of rotatable bonds is 16. The van der Waals surface area contributed by atoms with Crippen LogP contribution in [0.5, 0.6) is 17.2 Å². The standard InChI is InChI=1S/C42H41NO10/c1-5-29(6-2)39(46)50-27-42(3,4)26-49-37(44)23-24-38(45)51-34-19-13-32(14-20-34)40(47)53-36-21-15-33(16-22-36)41(48)52-35-17-11-31(12-18-35)30-9-7-28(25-43)8-10-30/h7-22,29H,5-6,23-24,26-27H2,1-4H3. The second kappa shape index (κ2) is 18.8. The van der Waals surface area contributed by atoms with E-state index in [2.05, 4.69) is 6.07 Å². The number of nitriles is 1. The number of benzene rings is 4. The molecular formula is C42H41NO10. The Labute approximate surface area is 308 Å². The van der Waals surface area contributed by atoms with Gasteiger partial charge in [0.05, 0.1) is 54.7 Å². The molecule has 53 heavy (non-hydrogen) atoms. The fourth-order valence-electron chi connectivity index (χ4n) is 4.89. The summed E-state index contributed by atoms with van der Waals surface area (Å²) in [5, 5.41) is 8.97. The molecule has 0 saturated carbocycles. The van der Waals surface area contributed by atoms with Crippen LogP contribution in [0.25, 0.3) is 11.1 Å². The second-order valence-electron chi connectivity index (χ2n) is 13.0. The first-order valence-corrected chi connectivity index (χ1v) is 17.2. The molecule has 0 aromatic heterocycles. The van der Waals surface area contributed by atoms with Crippen LogP contribution in [-0.4, -0.2) is 43.1 Å². The Morgan fingerprint density at radius 2 is 1.00 bits per heavy atom. The predicted octanol–water partition coefficient (Wildman–Crippen LogP) is 7.90. The van der Waals surface area contributed by atoms with E-state index in [-0.39, 0.29) is 60.6 Å². The van der Waals surface area contributed by atoms with Gasteiger partial charge in [-0.25, -0.2) is 9.59 Å². The number of carbonyl (C=O) groups is 5. The zero-order valence-corrected chi connectivity index (χ0v) is 30.1. The first-order chi connectivity index (χ1) is 25.4. The highest BCUT2D eigenvalue weighted by atomic mass is 16.6. The molecule has 0 aliphatic rings. The summed E-state index contributed by atoms with van der Waals surface area (Å²) in [6.07, 6.45) is 0.968. The maximum atomic E-state index is 12.7. The normalized spacial score (nSPS) is 10.9. The molecule has 0 aliphatic carbocycles. The van der Waals surface area contributed by atoms with Crippen molar-refractivity contribution in [1.82, 2.24) is 0 Å². The number of carbonyl (C=O) groups excluding carboxylic acids is 5. The van der Waals surface area contributed by atoms with Crippen LogP contribution in [0.2, 0.25) is 0 Å². The first-order valence-electron chi connectivity index (χ1n) is 17.2. The number of ether oxygens (including phenoxy) is 5. The van der Waals surface area contributed by atoms with Gasteiger partial charge in [0, 0.05) is 5.41 Å².